The molecule has 0 saturated carbocycles. The second-order valence-electron chi connectivity index (χ2n) is 5.73. The number of benzene rings is 2. The first kappa shape index (κ1) is 18.5. The molecule has 5 nitrogen and oxygen atoms in total. The summed E-state index contributed by atoms with van der Waals surface area (Å²) in [6.45, 7) is 4.05. The monoisotopic (exact) mass is 388 g/mol. The summed E-state index contributed by atoms with van der Waals surface area (Å²) in [6.07, 6.45) is 0. The van der Waals surface area contributed by atoms with Gasteiger partial charge in [-0.15, -0.1) is 10.2 Å². The summed E-state index contributed by atoms with van der Waals surface area (Å²) in [6, 6.07) is 12.8. The van der Waals surface area contributed by atoms with Crippen LogP contribution in [0.3, 0.4) is 0 Å². The van der Waals surface area contributed by atoms with Gasteiger partial charge in [-0.1, -0.05) is 41.1 Å². The average molecular weight is 389 g/mol. The second kappa shape index (κ2) is 8.38. The van der Waals surface area contributed by atoms with E-state index in [0.717, 1.165) is 16.7 Å². The van der Waals surface area contributed by atoms with Gasteiger partial charge in [0.05, 0.1) is 5.75 Å². The maximum Gasteiger partial charge on any atom is 0.277 e. The summed E-state index contributed by atoms with van der Waals surface area (Å²) in [5, 5.41) is 8.86. The van der Waals surface area contributed by atoms with E-state index >= 15 is 0 Å². The SMILES string of the molecule is Cc1ccc(C)c(C(=O)CSc2nnc(COc3ccc(Cl)cc3)o2)c1. The van der Waals surface area contributed by atoms with Crippen LogP contribution >= 0.6 is 23.4 Å². The Kier molecular flexibility index (Phi) is 5.96. The number of thioether (sulfide) groups is 1. The summed E-state index contributed by atoms with van der Waals surface area (Å²) in [5.41, 5.74) is 2.75. The van der Waals surface area contributed by atoms with Crippen LogP contribution < -0.4 is 4.74 Å². The number of carbonyl (C=O) groups excluding carboxylic acids is 1. The van der Waals surface area contributed by atoms with E-state index in [1.54, 1.807) is 24.3 Å². The highest BCUT2D eigenvalue weighted by Gasteiger charge is 2.13. The van der Waals surface area contributed by atoms with Gasteiger partial charge in [0.1, 0.15) is 5.75 Å². The third kappa shape index (κ3) is 4.86. The van der Waals surface area contributed by atoms with E-state index < -0.39 is 0 Å². The van der Waals surface area contributed by atoms with E-state index in [1.165, 1.54) is 11.8 Å². The molecule has 0 atom stereocenters. The Balaban J connectivity index is 1.54. The molecule has 0 unspecified atom stereocenters. The zero-order valence-corrected chi connectivity index (χ0v) is 15.9. The van der Waals surface area contributed by atoms with Gasteiger partial charge in [0.15, 0.2) is 12.4 Å². The molecule has 1 heterocycles. The Labute approximate surface area is 160 Å². The molecule has 0 aliphatic rings. The van der Waals surface area contributed by atoms with Gasteiger partial charge in [0, 0.05) is 10.6 Å². The predicted molar refractivity (Wildman–Crippen MR) is 101 cm³/mol. The summed E-state index contributed by atoms with van der Waals surface area (Å²) in [5.74, 6) is 1.28. The molecule has 0 radical (unpaired) electrons. The number of Topliss-reactive ketones (excluding diaryl/α,β-unsaturated/α-hetero) is 1. The lowest BCUT2D eigenvalue weighted by atomic mass is 10.0. The maximum absolute atomic E-state index is 12.4. The molecule has 134 valence electrons. The van der Waals surface area contributed by atoms with Crippen molar-refractivity contribution in [3.8, 4) is 5.75 Å². The Hall–Kier alpha value is -2.31. The molecule has 0 aliphatic carbocycles. The highest BCUT2D eigenvalue weighted by Crippen LogP contribution is 2.21. The molecule has 1 aromatic heterocycles. The number of ether oxygens (including phenoxy) is 1. The van der Waals surface area contributed by atoms with Crippen molar-refractivity contribution in [2.45, 2.75) is 25.7 Å². The zero-order chi connectivity index (χ0) is 18.5. The van der Waals surface area contributed by atoms with Crippen molar-refractivity contribution < 1.29 is 13.9 Å². The van der Waals surface area contributed by atoms with Gasteiger partial charge in [-0.3, -0.25) is 4.79 Å². The van der Waals surface area contributed by atoms with Crippen molar-refractivity contribution >= 4 is 29.1 Å². The van der Waals surface area contributed by atoms with Gasteiger partial charge in [-0.25, -0.2) is 0 Å². The average Bonchev–Trinajstić information content (AvgIpc) is 3.09. The molecule has 0 spiro atoms. The smallest absolute Gasteiger partial charge is 0.277 e. The molecule has 7 heteroatoms. The molecule has 0 saturated heterocycles. The zero-order valence-electron chi connectivity index (χ0n) is 14.4. The molecule has 0 bridgehead atoms. The van der Waals surface area contributed by atoms with Crippen LogP contribution in [0.5, 0.6) is 5.75 Å². The number of aromatic nitrogens is 2. The van der Waals surface area contributed by atoms with Crippen LogP contribution in [-0.4, -0.2) is 21.7 Å². The maximum atomic E-state index is 12.4. The minimum Gasteiger partial charge on any atom is -0.484 e. The highest BCUT2D eigenvalue weighted by atomic mass is 35.5. The molecular weight excluding hydrogens is 372 g/mol. The molecule has 2 aromatic carbocycles. The third-order valence-electron chi connectivity index (χ3n) is 3.64. The van der Waals surface area contributed by atoms with Gasteiger partial charge >= 0.3 is 0 Å². The topological polar surface area (TPSA) is 65.2 Å². The third-order valence-corrected chi connectivity index (χ3v) is 4.71. The van der Waals surface area contributed by atoms with E-state index in [0.29, 0.717) is 21.9 Å². The summed E-state index contributed by atoms with van der Waals surface area (Å²) in [7, 11) is 0. The van der Waals surface area contributed by atoms with Crippen LogP contribution in [-0.2, 0) is 6.61 Å². The number of nitrogens with zero attached hydrogens (tertiary/aromatic N) is 2. The first-order chi connectivity index (χ1) is 12.5. The lowest BCUT2D eigenvalue weighted by Gasteiger charge is -2.05. The lowest BCUT2D eigenvalue weighted by molar-refractivity contribution is 0.102. The van der Waals surface area contributed by atoms with E-state index in [1.807, 2.05) is 32.0 Å². The number of hydrogen-bond acceptors (Lipinski definition) is 6. The van der Waals surface area contributed by atoms with Gasteiger partial charge in [-0.05, 0) is 49.7 Å². The Morgan fingerprint density at radius 2 is 1.92 bits per heavy atom. The number of ketones is 1. The molecule has 3 rings (SSSR count). The minimum atomic E-state index is 0.0355. The van der Waals surface area contributed by atoms with Crippen LogP contribution in [0.1, 0.15) is 27.4 Å². The Bertz CT molecular complexity index is 909. The normalized spacial score (nSPS) is 10.7. The molecule has 0 N–H and O–H groups in total. The quantitative estimate of drug-likeness (QED) is 0.424. The van der Waals surface area contributed by atoms with Crippen LogP contribution in [0.15, 0.2) is 52.1 Å². The van der Waals surface area contributed by atoms with E-state index in [4.69, 9.17) is 20.8 Å². The number of carbonyl (C=O) groups is 1. The first-order valence-electron chi connectivity index (χ1n) is 7.95. The molecule has 0 amide bonds. The minimum absolute atomic E-state index is 0.0355. The number of aryl methyl sites for hydroxylation is 2. The fourth-order valence-electron chi connectivity index (χ4n) is 2.27. The van der Waals surface area contributed by atoms with Crippen LogP contribution in [0.4, 0.5) is 0 Å². The second-order valence-corrected chi connectivity index (χ2v) is 7.10. The summed E-state index contributed by atoms with van der Waals surface area (Å²) >= 11 is 7.05. The van der Waals surface area contributed by atoms with Crippen molar-refractivity contribution in [3.05, 3.63) is 70.1 Å². The van der Waals surface area contributed by atoms with Crippen LogP contribution in [0, 0.1) is 13.8 Å². The molecule has 3 aromatic rings. The first-order valence-corrected chi connectivity index (χ1v) is 9.31. The van der Waals surface area contributed by atoms with Crippen molar-refractivity contribution in [2.24, 2.45) is 0 Å². The molecular formula is C19H17ClN2O3S. The highest BCUT2D eigenvalue weighted by molar-refractivity contribution is 7.99. The van der Waals surface area contributed by atoms with Gasteiger partial charge in [-0.2, -0.15) is 0 Å². The largest absolute Gasteiger partial charge is 0.484 e. The fourth-order valence-corrected chi connectivity index (χ4v) is 3.06. The van der Waals surface area contributed by atoms with E-state index in [9.17, 15) is 4.79 Å². The van der Waals surface area contributed by atoms with Crippen molar-refractivity contribution in [2.75, 3.05) is 5.75 Å². The van der Waals surface area contributed by atoms with Gasteiger partial charge in [0.2, 0.25) is 0 Å². The molecule has 0 fully saturated rings. The van der Waals surface area contributed by atoms with Crippen molar-refractivity contribution in [1.29, 1.82) is 0 Å². The number of rotatable bonds is 7. The van der Waals surface area contributed by atoms with Crippen molar-refractivity contribution in [3.63, 3.8) is 0 Å². The van der Waals surface area contributed by atoms with Crippen molar-refractivity contribution in [1.82, 2.24) is 10.2 Å². The Morgan fingerprint density at radius 3 is 2.69 bits per heavy atom. The predicted octanol–water partition coefficient (Wildman–Crippen LogP) is 4.89. The van der Waals surface area contributed by atoms with E-state index in [2.05, 4.69) is 10.2 Å². The van der Waals surface area contributed by atoms with Crippen LogP contribution in [0.25, 0.3) is 0 Å². The summed E-state index contributed by atoms with van der Waals surface area (Å²) in [4.78, 5) is 12.4. The number of hydrogen-bond donors (Lipinski definition) is 0. The van der Waals surface area contributed by atoms with Gasteiger partial charge < -0.3 is 9.15 Å². The fraction of sp³-hybridized carbons (Fsp3) is 0.211. The Morgan fingerprint density at radius 1 is 1.15 bits per heavy atom. The number of halogens is 1. The van der Waals surface area contributed by atoms with E-state index in [-0.39, 0.29) is 18.1 Å². The van der Waals surface area contributed by atoms with Crippen LogP contribution in [0.2, 0.25) is 5.02 Å². The summed E-state index contributed by atoms with van der Waals surface area (Å²) < 4.78 is 11.1. The van der Waals surface area contributed by atoms with Gasteiger partial charge in [0.25, 0.3) is 11.1 Å². The molecule has 26 heavy (non-hydrogen) atoms. The lowest BCUT2D eigenvalue weighted by Crippen LogP contribution is -2.05. The molecule has 0 aliphatic heterocycles. The standard InChI is InChI=1S/C19H17ClN2O3S/c1-12-3-4-13(2)16(9-12)17(23)11-26-19-22-21-18(25-19)10-24-15-7-5-14(20)6-8-15/h3-9H,10-11H2,1-2H3.